The molecular formula is C19H17N3O2. The fourth-order valence-corrected chi connectivity index (χ4v) is 2.64. The van der Waals surface area contributed by atoms with Crippen molar-refractivity contribution in [3.05, 3.63) is 60.9 Å². The zero-order valence-corrected chi connectivity index (χ0v) is 13.1. The fraction of sp³-hybridized carbons (Fsp3) is 0.158. The fourth-order valence-electron chi connectivity index (χ4n) is 2.64. The molecule has 0 bridgehead atoms. The Labute approximate surface area is 139 Å². The van der Waals surface area contributed by atoms with Crippen molar-refractivity contribution in [2.24, 2.45) is 0 Å². The van der Waals surface area contributed by atoms with Gasteiger partial charge in [0.15, 0.2) is 11.4 Å². The minimum Gasteiger partial charge on any atom is -0.494 e. The first kappa shape index (κ1) is 14.5. The van der Waals surface area contributed by atoms with Crippen molar-refractivity contribution in [2.45, 2.75) is 6.42 Å². The molecule has 0 unspecified atom stereocenters. The monoisotopic (exact) mass is 319 g/mol. The minimum absolute atomic E-state index is 0.644. The molecule has 2 aromatic carbocycles. The van der Waals surface area contributed by atoms with E-state index in [1.165, 1.54) is 0 Å². The van der Waals surface area contributed by atoms with Crippen LogP contribution in [-0.2, 0) is 0 Å². The number of benzene rings is 2. The number of furan rings is 1. The maximum atomic E-state index is 5.89. The molecule has 0 aliphatic rings. The first-order valence-corrected chi connectivity index (χ1v) is 7.96. The molecule has 120 valence electrons. The van der Waals surface area contributed by atoms with E-state index < -0.39 is 0 Å². The lowest BCUT2D eigenvalue weighted by molar-refractivity contribution is 0.315. The van der Waals surface area contributed by atoms with Gasteiger partial charge < -0.3 is 14.5 Å². The standard InChI is InChI=1S/C19H17N3O2/c1-2-7-14(8-3-1)23-12-6-11-20-19-18-17(21-13-22-19)15-9-4-5-10-16(15)24-18/h1-5,7-10,13H,6,11-12H2,(H,20,21,22). The second kappa shape index (κ2) is 6.58. The number of hydrogen-bond donors (Lipinski definition) is 1. The lowest BCUT2D eigenvalue weighted by Gasteiger charge is -2.07. The van der Waals surface area contributed by atoms with E-state index >= 15 is 0 Å². The second-order valence-corrected chi connectivity index (χ2v) is 5.44. The summed E-state index contributed by atoms with van der Waals surface area (Å²) in [5, 5.41) is 4.31. The predicted molar refractivity (Wildman–Crippen MR) is 94.4 cm³/mol. The summed E-state index contributed by atoms with van der Waals surface area (Å²) >= 11 is 0. The number of aromatic nitrogens is 2. The van der Waals surface area contributed by atoms with Crippen molar-refractivity contribution >= 4 is 27.9 Å². The Balaban J connectivity index is 1.41. The van der Waals surface area contributed by atoms with E-state index in [9.17, 15) is 0 Å². The molecule has 0 spiro atoms. The molecule has 0 amide bonds. The van der Waals surface area contributed by atoms with Gasteiger partial charge in [-0.1, -0.05) is 30.3 Å². The molecule has 5 heteroatoms. The Bertz CT molecular complexity index is 951. The normalized spacial score (nSPS) is 11.0. The Hall–Kier alpha value is -3.08. The summed E-state index contributed by atoms with van der Waals surface area (Å²) in [4.78, 5) is 8.65. The van der Waals surface area contributed by atoms with Crippen molar-refractivity contribution in [2.75, 3.05) is 18.5 Å². The molecule has 0 saturated carbocycles. The minimum atomic E-state index is 0.644. The van der Waals surface area contributed by atoms with Gasteiger partial charge in [0.2, 0.25) is 0 Å². The van der Waals surface area contributed by atoms with Gasteiger partial charge in [-0.3, -0.25) is 0 Å². The highest BCUT2D eigenvalue weighted by Gasteiger charge is 2.12. The predicted octanol–water partition coefficient (Wildman–Crippen LogP) is 4.26. The van der Waals surface area contributed by atoms with Gasteiger partial charge in [0.05, 0.1) is 6.61 Å². The van der Waals surface area contributed by atoms with Crippen LogP contribution in [0.5, 0.6) is 5.75 Å². The topological polar surface area (TPSA) is 60.2 Å². The second-order valence-electron chi connectivity index (χ2n) is 5.44. The van der Waals surface area contributed by atoms with E-state index in [-0.39, 0.29) is 0 Å². The Morgan fingerprint density at radius 1 is 0.958 bits per heavy atom. The van der Waals surface area contributed by atoms with E-state index in [4.69, 9.17) is 9.15 Å². The van der Waals surface area contributed by atoms with Crippen molar-refractivity contribution in [1.29, 1.82) is 0 Å². The van der Waals surface area contributed by atoms with Crippen LogP contribution in [0.2, 0.25) is 0 Å². The average Bonchev–Trinajstić information content (AvgIpc) is 3.02. The van der Waals surface area contributed by atoms with E-state index in [1.54, 1.807) is 6.33 Å². The van der Waals surface area contributed by atoms with Crippen molar-refractivity contribution < 1.29 is 9.15 Å². The molecule has 0 aliphatic carbocycles. The largest absolute Gasteiger partial charge is 0.494 e. The summed E-state index contributed by atoms with van der Waals surface area (Å²) < 4.78 is 11.6. The highest BCUT2D eigenvalue weighted by molar-refractivity contribution is 6.05. The van der Waals surface area contributed by atoms with Crippen LogP contribution in [0.25, 0.3) is 22.1 Å². The van der Waals surface area contributed by atoms with Crippen molar-refractivity contribution in [3.63, 3.8) is 0 Å². The van der Waals surface area contributed by atoms with E-state index in [0.29, 0.717) is 12.2 Å². The number of anilines is 1. The lowest BCUT2D eigenvalue weighted by atomic mass is 10.2. The summed E-state index contributed by atoms with van der Waals surface area (Å²) in [7, 11) is 0. The first-order valence-electron chi connectivity index (χ1n) is 7.96. The van der Waals surface area contributed by atoms with E-state index in [2.05, 4.69) is 15.3 Å². The van der Waals surface area contributed by atoms with E-state index in [0.717, 1.165) is 41.0 Å². The molecule has 24 heavy (non-hydrogen) atoms. The summed E-state index contributed by atoms with van der Waals surface area (Å²) in [6, 6.07) is 17.7. The molecule has 4 rings (SSSR count). The van der Waals surface area contributed by atoms with Gasteiger partial charge in [-0.15, -0.1) is 0 Å². The van der Waals surface area contributed by atoms with Gasteiger partial charge in [-0.05, 0) is 30.7 Å². The summed E-state index contributed by atoms with van der Waals surface area (Å²) in [5.74, 6) is 1.61. The number of para-hydroxylation sites is 2. The molecule has 0 saturated heterocycles. The SMILES string of the molecule is c1ccc(OCCCNc2ncnc3c2oc2ccccc23)cc1. The third-order valence-corrected chi connectivity index (χ3v) is 3.78. The molecule has 5 nitrogen and oxygen atoms in total. The number of rotatable bonds is 6. The molecular weight excluding hydrogens is 302 g/mol. The first-order chi connectivity index (χ1) is 11.9. The number of nitrogens with zero attached hydrogens (tertiary/aromatic N) is 2. The molecule has 2 heterocycles. The van der Waals surface area contributed by atoms with Gasteiger partial charge in [0, 0.05) is 11.9 Å². The summed E-state index contributed by atoms with van der Waals surface area (Å²) in [5.41, 5.74) is 2.36. The Kier molecular flexibility index (Phi) is 3.98. The van der Waals surface area contributed by atoms with Crippen LogP contribution in [0.3, 0.4) is 0 Å². The number of nitrogens with one attached hydrogen (secondary N) is 1. The molecule has 0 atom stereocenters. The molecule has 1 N–H and O–H groups in total. The van der Waals surface area contributed by atoms with Gasteiger partial charge in [0.25, 0.3) is 0 Å². The van der Waals surface area contributed by atoms with Crippen LogP contribution >= 0.6 is 0 Å². The smallest absolute Gasteiger partial charge is 0.196 e. The third-order valence-electron chi connectivity index (χ3n) is 3.78. The highest BCUT2D eigenvalue weighted by atomic mass is 16.5. The van der Waals surface area contributed by atoms with Crippen LogP contribution in [0.4, 0.5) is 5.82 Å². The quantitative estimate of drug-likeness (QED) is 0.538. The van der Waals surface area contributed by atoms with Gasteiger partial charge >= 0.3 is 0 Å². The zero-order chi connectivity index (χ0) is 16.2. The number of hydrogen-bond acceptors (Lipinski definition) is 5. The Morgan fingerprint density at radius 2 is 1.79 bits per heavy atom. The molecule has 0 fully saturated rings. The van der Waals surface area contributed by atoms with Crippen molar-refractivity contribution in [3.8, 4) is 5.75 Å². The highest BCUT2D eigenvalue weighted by Crippen LogP contribution is 2.30. The summed E-state index contributed by atoms with van der Waals surface area (Å²) in [6.45, 7) is 1.39. The zero-order valence-electron chi connectivity index (χ0n) is 13.1. The number of fused-ring (bicyclic) bond motifs is 3. The maximum Gasteiger partial charge on any atom is 0.196 e. The molecule has 0 aliphatic heterocycles. The van der Waals surface area contributed by atoms with Gasteiger partial charge in [-0.2, -0.15) is 0 Å². The molecule has 2 aromatic heterocycles. The lowest BCUT2D eigenvalue weighted by Crippen LogP contribution is -2.08. The van der Waals surface area contributed by atoms with Crippen LogP contribution in [0, 0.1) is 0 Å². The van der Waals surface area contributed by atoms with E-state index in [1.807, 2.05) is 54.6 Å². The average molecular weight is 319 g/mol. The number of ether oxygens (including phenoxy) is 1. The summed E-state index contributed by atoms with van der Waals surface area (Å²) in [6.07, 6.45) is 2.42. The Morgan fingerprint density at radius 3 is 2.71 bits per heavy atom. The molecule has 0 radical (unpaired) electrons. The van der Waals surface area contributed by atoms with Crippen LogP contribution in [0.1, 0.15) is 6.42 Å². The maximum absolute atomic E-state index is 5.89. The van der Waals surface area contributed by atoms with Gasteiger partial charge in [0.1, 0.15) is 23.2 Å². The van der Waals surface area contributed by atoms with Crippen LogP contribution in [-0.4, -0.2) is 23.1 Å². The molecule has 4 aromatic rings. The van der Waals surface area contributed by atoms with Crippen molar-refractivity contribution in [1.82, 2.24) is 9.97 Å². The van der Waals surface area contributed by atoms with Crippen LogP contribution in [0.15, 0.2) is 65.3 Å². The van der Waals surface area contributed by atoms with Gasteiger partial charge in [-0.25, -0.2) is 9.97 Å². The van der Waals surface area contributed by atoms with Crippen LogP contribution < -0.4 is 10.1 Å². The third kappa shape index (κ3) is 2.88.